The van der Waals surface area contributed by atoms with Gasteiger partial charge in [-0.2, -0.15) is 11.8 Å². The molecule has 1 rings (SSSR count). The largest absolute Gasteiger partial charge is 0.480 e. The molecule has 0 radical (unpaired) electrons. The Kier molecular flexibility index (Phi) is 5.52. The minimum absolute atomic E-state index is 0.0257. The first-order chi connectivity index (χ1) is 8.76. The van der Waals surface area contributed by atoms with E-state index in [1.165, 1.54) is 4.90 Å². The van der Waals surface area contributed by atoms with Gasteiger partial charge in [0.25, 0.3) is 0 Å². The van der Waals surface area contributed by atoms with Crippen molar-refractivity contribution in [1.82, 2.24) is 4.90 Å². The molecule has 1 fully saturated rings. The quantitative estimate of drug-likeness (QED) is 0.814. The van der Waals surface area contributed by atoms with E-state index in [2.05, 4.69) is 0 Å². The third-order valence-electron chi connectivity index (χ3n) is 2.76. The molecule has 1 aliphatic rings. The zero-order chi connectivity index (χ0) is 14.6. The lowest BCUT2D eigenvalue weighted by Crippen LogP contribution is -2.48. The third kappa shape index (κ3) is 5.30. The highest BCUT2D eigenvalue weighted by Gasteiger charge is 2.42. The van der Waals surface area contributed by atoms with Crippen LogP contribution in [-0.4, -0.2) is 51.8 Å². The molecule has 5 nitrogen and oxygen atoms in total. The van der Waals surface area contributed by atoms with E-state index in [4.69, 9.17) is 4.74 Å². The van der Waals surface area contributed by atoms with Crippen molar-refractivity contribution in [1.29, 1.82) is 0 Å². The van der Waals surface area contributed by atoms with Crippen LogP contribution in [0.1, 0.15) is 40.0 Å². The maximum atomic E-state index is 12.2. The van der Waals surface area contributed by atoms with E-state index in [-0.39, 0.29) is 6.04 Å². The monoisotopic (exact) mass is 289 g/mol. The molecule has 0 aliphatic heterocycles. The Bertz CT molecular complexity index is 336. The van der Waals surface area contributed by atoms with Crippen LogP contribution in [0, 0.1) is 0 Å². The summed E-state index contributed by atoms with van der Waals surface area (Å²) in [7, 11) is 0. The Labute approximate surface area is 118 Å². The molecule has 0 spiro atoms. The van der Waals surface area contributed by atoms with Crippen LogP contribution in [0.25, 0.3) is 0 Å². The summed E-state index contributed by atoms with van der Waals surface area (Å²) in [5.41, 5.74) is -0.604. The number of carboxylic acid groups (broad SMARTS) is 1. The van der Waals surface area contributed by atoms with Crippen LogP contribution in [0.2, 0.25) is 0 Å². The molecule has 1 amide bonds. The van der Waals surface area contributed by atoms with Crippen molar-refractivity contribution >= 4 is 23.8 Å². The zero-order valence-electron chi connectivity index (χ0n) is 12.0. The van der Waals surface area contributed by atoms with Crippen molar-refractivity contribution in [3.63, 3.8) is 0 Å². The summed E-state index contributed by atoms with van der Waals surface area (Å²) in [6.45, 7) is 5.36. The fourth-order valence-corrected chi connectivity index (χ4v) is 2.27. The summed E-state index contributed by atoms with van der Waals surface area (Å²) in [6, 6.07) is -0.757. The van der Waals surface area contributed by atoms with E-state index >= 15 is 0 Å². The first kappa shape index (κ1) is 16.1. The average Bonchev–Trinajstić information content (AvgIpc) is 3.04. The summed E-state index contributed by atoms with van der Waals surface area (Å²) in [5, 5.41) is 9.34. The first-order valence-corrected chi connectivity index (χ1v) is 7.88. The van der Waals surface area contributed by atoms with Gasteiger partial charge in [-0.3, -0.25) is 4.90 Å². The van der Waals surface area contributed by atoms with E-state index in [0.29, 0.717) is 12.2 Å². The average molecular weight is 289 g/mol. The van der Waals surface area contributed by atoms with Gasteiger partial charge in [0.05, 0.1) is 0 Å². The number of carbonyl (C=O) groups excluding carboxylic acids is 1. The zero-order valence-corrected chi connectivity index (χ0v) is 12.8. The third-order valence-corrected chi connectivity index (χ3v) is 3.40. The molecule has 0 saturated heterocycles. The maximum Gasteiger partial charge on any atom is 0.411 e. The van der Waals surface area contributed by atoms with E-state index in [9.17, 15) is 14.7 Å². The minimum atomic E-state index is -0.952. The van der Waals surface area contributed by atoms with Gasteiger partial charge in [-0.1, -0.05) is 0 Å². The van der Waals surface area contributed by atoms with Crippen LogP contribution >= 0.6 is 11.8 Å². The molecule has 0 aromatic carbocycles. The predicted octanol–water partition coefficient (Wildman–Crippen LogP) is 2.59. The Morgan fingerprint density at radius 1 is 1.42 bits per heavy atom. The number of carboxylic acids is 1. The van der Waals surface area contributed by atoms with Crippen LogP contribution in [0.3, 0.4) is 0 Å². The second-order valence-corrected chi connectivity index (χ2v) is 6.74. The Morgan fingerprint density at radius 2 is 2.00 bits per heavy atom. The number of hydrogen-bond acceptors (Lipinski definition) is 4. The van der Waals surface area contributed by atoms with Crippen LogP contribution in [0.5, 0.6) is 0 Å². The Balaban J connectivity index is 2.78. The molecule has 0 heterocycles. The molecule has 19 heavy (non-hydrogen) atoms. The van der Waals surface area contributed by atoms with Gasteiger partial charge >= 0.3 is 12.1 Å². The van der Waals surface area contributed by atoms with Gasteiger partial charge in [-0.15, -0.1) is 0 Å². The van der Waals surface area contributed by atoms with E-state index in [0.717, 1.165) is 12.8 Å². The number of rotatable bonds is 6. The fourth-order valence-electron chi connectivity index (χ4n) is 1.81. The molecule has 0 aromatic rings. The molecule has 0 aromatic heterocycles. The molecule has 1 aliphatic carbocycles. The second-order valence-electron chi connectivity index (χ2n) is 5.75. The molecule has 1 unspecified atom stereocenters. The Morgan fingerprint density at radius 3 is 2.37 bits per heavy atom. The maximum absolute atomic E-state index is 12.2. The first-order valence-electron chi connectivity index (χ1n) is 6.49. The highest BCUT2D eigenvalue weighted by Crippen LogP contribution is 2.31. The number of thioether (sulfide) groups is 1. The number of hydrogen-bond donors (Lipinski definition) is 1. The molecule has 110 valence electrons. The molecule has 1 atom stereocenters. The van der Waals surface area contributed by atoms with Gasteiger partial charge in [0, 0.05) is 6.04 Å². The standard InChI is InChI=1S/C13H23NO4S/c1-13(2,3)18-12(17)14(9-5-6-9)10(11(15)16)7-8-19-4/h9-10H,5-8H2,1-4H3,(H,15,16). The van der Waals surface area contributed by atoms with Gasteiger partial charge < -0.3 is 9.84 Å². The lowest BCUT2D eigenvalue weighted by molar-refractivity contribution is -0.143. The molecule has 1 saturated carbocycles. The molecule has 6 heteroatoms. The minimum Gasteiger partial charge on any atom is -0.480 e. The predicted molar refractivity (Wildman–Crippen MR) is 75.5 cm³/mol. The summed E-state index contributed by atoms with van der Waals surface area (Å²) >= 11 is 1.58. The number of nitrogens with zero attached hydrogens (tertiary/aromatic N) is 1. The van der Waals surface area contributed by atoms with Crippen LogP contribution < -0.4 is 0 Å². The van der Waals surface area contributed by atoms with Crippen LogP contribution in [-0.2, 0) is 9.53 Å². The van der Waals surface area contributed by atoms with Crippen molar-refractivity contribution in [2.75, 3.05) is 12.0 Å². The Hall–Kier alpha value is -0.910. The SMILES string of the molecule is CSCCC(C(=O)O)N(C(=O)OC(C)(C)C)C1CC1. The lowest BCUT2D eigenvalue weighted by Gasteiger charge is -2.31. The molecule has 0 bridgehead atoms. The molecule has 1 N–H and O–H groups in total. The summed E-state index contributed by atoms with van der Waals surface area (Å²) in [4.78, 5) is 25.0. The van der Waals surface area contributed by atoms with E-state index in [1.54, 1.807) is 32.5 Å². The van der Waals surface area contributed by atoms with Gasteiger partial charge in [0.1, 0.15) is 11.6 Å². The number of carbonyl (C=O) groups is 2. The van der Waals surface area contributed by atoms with Crippen molar-refractivity contribution in [2.45, 2.75) is 57.7 Å². The van der Waals surface area contributed by atoms with Gasteiger partial charge in [0.15, 0.2) is 0 Å². The van der Waals surface area contributed by atoms with Crippen LogP contribution in [0.15, 0.2) is 0 Å². The second kappa shape index (κ2) is 6.50. The van der Waals surface area contributed by atoms with Crippen molar-refractivity contribution in [3.05, 3.63) is 0 Å². The van der Waals surface area contributed by atoms with Crippen LogP contribution in [0.4, 0.5) is 4.79 Å². The summed E-state index contributed by atoms with van der Waals surface area (Å²) in [6.07, 6.45) is 3.59. The van der Waals surface area contributed by atoms with Crippen molar-refractivity contribution in [3.8, 4) is 0 Å². The normalized spacial score (nSPS) is 16.8. The van der Waals surface area contributed by atoms with Gasteiger partial charge in [-0.25, -0.2) is 9.59 Å². The summed E-state index contributed by atoms with van der Waals surface area (Å²) in [5.74, 6) is -0.241. The van der Waals surface area contributed by atoms with E-state index < -0.39 is 23.7 Å². The van der Waals surface area contributed by atoms with Crippen molar-refractivity contribution in [2.24, 2.45) is 0 Å². The fraction of sp³-hybridized carbons (Fsp3) is 0.846. The molecular formula is C13H23NO4S. The lowest BCUT2D eigenvalue weighted by atomic mass is 10.2. The molecular weight excluding hydrogens is 266 g/mol. The topological polar surface area (TPSA) is 66.8 Å². The number of aliphatic carboxylic acids is 1. The smallest absolute Gasteiger partial charge is 0.411 e. The highest BCUT2D eigenvalue weighted by atomic mass is 32.2. The van der Waals surface area contributed by atoms with Gasteiger partial charge in [-0.05, 0) is 52.0 Å². The summed E-state index contributed by atoms with van der Waals surface area (Å²) < 4.78 is 5.33. The highest BCUT2D eigenvalue weighted by molar-refractivity contribution is 7.98. The van der Waals surface area contributed by atoms with Gasteiger partial charge in [0.2, 0.25) is 0 Å². The number of amides is 1. The van der Waals surface area contributed by atoms with E-state index in [1.807, 2.05) is 6.26 Å². The number of ether oxygens (including phenoxy) is 1. The van der Waals surface area contributed by atoms with Crippen molar-refractivity contribution < 1.29 is 19.4 Å².